The Morgan fingerprint density at radius 2 is 1.08 bits per heavy atom. The van der Waals surface area contributed by atoms with Crippen LogP contribution in [0.4, 0.5) is 0 Å². The third-order valence-corrected chi connectivity index (χ3v) is 10.8. The Kier molecular flexibility index (Phi) is 34.1. The first-order valence-electron chi connectivity index (χ1n) is 21.6. The summed E-state index contributed by atoms with van der Waals surface area (Å²) in [7, 11) is 1.43. The highest BCUT2D eigenvalue weighted by molar-refractivity contribution is 7.47. The van der Waals surface area contributed by atoms with E-state index in [4.69, 9.17) is 9.05 Å². The first-order chi connectivity index (χ1) is 24.9. The number of phosphoric acid groups is 1. The average Bonchev–Trinajstić information content (AvgIpc) is 3.09. The number of carbonyl (C=O) groups excluding carboxylic acids is 1. The second kappa shape index (κ2) is 34.7. The number of amides is 1. The fourth-order valence-corrected chi connectivity index (χ4v) is 7.05. The minimum Gasteiger partial charge on any atom is -0.390 e. The fourth-order valence-electron chi connectivity index (χ4n) is 6.31. The second-order valence-electron chi connectivity index (χ2n) is 16.2. The standard InChI is InChI=1S/C42H85N2O7P/c1-6-8-10-12-14-16-18-20-21-22-23-25-27-29-31-33-35-41(46)43-39(38-51-52(48,49)50-37-36-44(3,4)5)42(47)40(45)34-32-30-28-26-24-19-17-15-13-11-9-7-2/h21-22,39-40,42,45,47H,6-20,23-38H2,1-5H3,(H-,43,46,48,49)/p+1/b22-21-. The van der Waals surface area contributed by atoms with Crippen molar-refractivity contribution in [3.63, 3.8) is 0 Å². The van der Waals surface area contributed by atoms with Crippen LogP contribution in [-0.2, 0) is 18.4 Å². The molecule has 4 unspecified atom stereocenters. The highest BCUT2D eigenvalue weighted by Crippen LogP contribution is 2.43. The lowest BCUT2D eigenvalue weighted by Crippen LogP contribution is -2.51. The molecule has 0 aliphatic carbocycles. The van der Waals surface area contributed by atoms with Gasteiger partial charge >= 0.3 is 7.82 Å². The van der Waals surface area contributed by atoms with Gasteiger partial charge in [-0.05, 0) is 38.5 Å². The monoisotopic (exact) mass is 762 g/mol. The number of unbranched alkanes of at least 4 members (excludes halogenated alkanes) is 23. The normalized spacial score (nSPS) is 15.2. The Balaban J connectivity index is 4.53. The summed E-state index contributed by atoms with van der Waals surface area (Å²) < 4.78 is 23.5. The van der Waals surface area contributed by atoms with E-state index in [1.165, 1.54) is 109 Å². The van der Waals surface area contributed by atoms with Crippen LogP contribution in [-0.4, -0.2) is 84.6 Å². The molecular weight excluding hydrogens is 675 g/mol. The maximum absolute atomic E-state index is 12.9. The van der Waals surface area contributed by atoms with Crippen molar-refractivity contribution in [2.45, 2.75) is 212 Å². The van der Waals surface area contributed by atoms with Gasteiger partial charge in [-0.1, -0.05) is 161 Å². The molecule has 4 N–H and O–H groups in total. The van der Waals surface area contributed by atoms with Crippen molar-refractivity contribution in [2.75, 3.05) is 40.9 Å². The summed E-state index contributed by atoms with van der Waals surface area (Å²) in [5.74, 6) is -0.266. The van der Waals surface area contributed by atoms with E-state index in [2.05, 4.69) is 31.3 Å². The second-order valence-corrected chi connectivity index (χ2v) is 17.7. The molecule has 10 heteroatoms. The van der Waals surface area contributed by atoms with Gasteiger partial charge in [0.1, 0.15) is 19.3 Å². The predicted molar refractivity (Wildman–Crippen MR) is 218 cm³/mol. The number of aliphatic hydroxyl groups is 2. The van der Waals surface area contributed by atoms with E-state index in [-0.39, 0.29) is 18.9 Å². The van der Waals surface area contributed by atoms with Crippen molar-refractivity contribution in [1.82, 2.24) is 5.32 Å². The lowest BCUT2D eigenvalue weighted by atomic mass is 9.99. The number of rotatable bonds is 39. The third-order valence-electron chi connectivity index (χ3n) is 9.86. The lowest BCUT2D eigenvalue weighted by molar-refractivity contribution is -0.870. The van der Waals surface area contributed by atoms with Gasteiger partial charge in [-0.25, -0.2) is 4.57 Å². The zero-order chi connectivity index (χ0) is 38.8. The largest absolute Gasteiger partial charge is 0.472 e. The Labute approximate surface area is 321 Å². The molecule has 4 atom stereocenters. The number of hydrogen-bond acceptors (Lipinski definition) is 6. The summed E-state index contributed by atoms with van der Waals surface area (Å²) in [5.41, 5.74) is 0. The van der Waals surface area contributed by atoms with Crippen molar-refractivity contribution in [3.05, 3.63) is 12.2 Å². The first-order valence-corrected chi connectivity index (χ1v) is 23.1. The van der Waals surface area contributed by atoms with Crippen LogP contribution >= 0.6 is 7.82 Å². The van der Waals surface area contributed by atoms with Crippen LogP contribution in [0.15, 0.2) is 12.2 Å². The zero-order valence-corrected chi connectivity index (χ0v) is 35.6. The van der Waals surface area contributed by atoms with Gasteiger partial charge in [0.25, 0.3) is 0 Å². The predicted octanol–water partition coefficient (Wildman–Crippen LogP) is 10.6. The Bertz CT molecular complexity index is 883. The summed E-state index contributed by atoms with van der Waals surface area (Å²) in [6.07, 6.45) is 34.0. The Morgan fingerprint density at radius 1 is 0.654 bits per heavy atom. The van der Waals surface area contributed by atoms with Crippen LogP contribution in [0.3, 0.4) is 0 Å². The van der Waals surface area contributed by atoms with Crippen molar-refractivity contribution in [3.8, 4) is 0 Å². The summed E-state index contributed by atoms with van der Waals surface area (Å²) in [4.78, 5) is 23.1. The van der Waals surface area contributed by atoms with Crippen LogP contribution in [0.1, 0.15) is 194 Å². The van der Waals surface area contributed by atoms with Crippen LogP contribution in [0.2, 0.25) is 0 Å². The molecule has 0 rings (SSSR count). The molecule has 0 heterocycles. The molecule has 9 nitrogen and oxygen atoms in total. The number of quaternary nitrogens is 1. The van der Waals surface area contributed by atoms with Crippen molar-refractivity contribution >= 4 is 13.7 Å². The number of nitrogens with one attached hydrogen (secondary N) is 1. The smallest absolute Gasteiger partial charge is 0.390 e. The summed E-state index contributed by atoms with van der Waals surface area (Å²) in [6.45, 7) is 4.59. The van der Waals surface area contributed by atoms with Crippen LogP contribution in [0, 0.1) is 0 Å². The molecule has 310 valence electrons. The van der Waals surface area contributed by atoms with Gasteiger partial charge in [0.05, 0.1) is 39.9 Å². The lowest BCUT2D eigenvalue weighted by Gasteiger charge is -2.28. The zero-order valence-electron chi connectivity index (χ0n) is 34.7. The SMILES string of the molecule is CCCCCCCCC/C=C\CCCCCCCC(=O)NC(COP(=O)(O)OCC[N+](C)(C)C)C(O)C(O)CCCCCCCCCCCCCC. The molecule has 0 aromatic carbocycles. The third kappa shape index (κ3) is 34.9. The van der Waals surface area contributed by atoms with Crippen LogP contribution in [0.25, 0.3) is 0 Å². The van der Waals surface area contributed by atoms with Crippen molar-refractivity contribution in [1.29, 1.82) is 0 Å². The number of nitrogens with zero attached hydrogens (tertiary/aromatic N) is 1. The van der Waals surface area contributed by atoms with Gasteiger partial charge < -0.3 is 24.9 Å². The number of phosphoric ester groups is 1. The molecule has 0 saturated carbocycles. The van der Waals surface area contributed by atoms with E-state index in [0.29, 0.717) is 17.4 Å². The molecular formula is C42H86N2O7P+. The van der Waals surface area contributed by atoms with Gasteiger partial charge in [-0.15, -0.1) is 0 Å². The number of hydrogen-bond donors (Lipinski definition) is 4. The van der Waals surface area contributed by atoms with E-state index in [1.807, 2.05) is 21.1 Å². The van der Waals surface area contributed by atoms with Crippen LogP contribution < -0.4 is 5.32 Å². The molecule has 52 heavy (non-hydrogen) atoms. The maximum atomic E-state index is 12.9. The summed E-state index contributed by atoms with van der Waals surface area (Å²) >= 11 is 0. The molecule has 0 aliphatic rings. The molecule has 0 bridgehead atoms. The van der Waals surface area contributed by atoms with Crippen molar-refractivity contribution in [2.24, 2.45) is 0 Å². The number of carbonyl (C=O) groups is 1. The highest BCUT2D eigenvalue weighted by Gasteiger charge is 2.31. The van der Waals surface area contributed by atoms with E-state index in [0.717, 1.165) is 57.8 Å². The van der Waals surface area contributed by atoms with Crippen LogP contribution in [0.5, 0.6) is 0 Å². The van der Waals surface area contributed by atoms with E-state index >= 15 is 0 Å². The topological polar surface area (TPSA) is 125 Å². The highest BCUT2D eigenvalue weighted by atomic mass is 31.2. The summed E-state index contributed by atoms with van der Waals surface area (Å²) in [5, 5.41) is 24.6. The van der Waals surface area contributed by atoms with Gasteiger partial charge in [-0.2, -0.15) is 0 Å². The maximum Gasteiger partial charge on any atom is 0.472 e. The van der Waals surface area contributed by atoms with Gasteiger partial charge in [0.2, 0.25) is 5.91 Å². The fraction of sp³-hybridized carbons (Fsp3) is 0.929. The first kappa shape index (κ1) is 51.2. The molecule has 0 aliphatic heterocycles. The molecule has 0 spiro atoms. The molecule has 0 saturated heterocycles. The molecule has 0 radical (unpaired) electrons. The minimum atomic E-state index is -4.41. The quantitative estimate of drug-likeness (QED) is 0.0213. The van der Waals surface area contributed by atoms with E-state index in [9.17, 15) is 24.5 Å². The molecule has 0 aromatic rings. The van der Waals surface area contributed by atoms with E-state index in [1.54, 1.807) is 0 Å². The summed E-state index contributed by atoms with van der Waals surface area (Å²) in [6, 6.07) is -1.03. The van der Waals surface area contributed by atoms with Crippen molar-refractivity contribution < 1.29 is 38.0 Å². The molecule has 0 fully saturated rings. The van der Waals surface area contributed by atoms with E-state index < -0.39 is 32.7 Å². The Morgan fingerprint density at radius 3 is 1.54 bits per heavy atom. The number of likely N-dealkylation sites (N-methyl/N-ethyl adjacent to an activating group) is 1. The van der Waals surface area contributed by atoms with Gasteiger partial charge in [0.15, 0.2) is 0 Å². The number of aliphatic hydroxyl groups excluding tert-OH is 2. The Hall–Kier alpha value is -0.800. The van der Waals surface area contributed by atoms with Gasteiger partial charge in [0, 0.05) is 6.42 Å². The minimum absolute atomic E-state index is 0.0218. The molecule has 0 aromatic heterocycles. The molecule has 1 amide bonds. The van der Waals surface area contributed by atoms with Gasteiger partial charge in [-0.3, -0.25) is 13.8 Å². The average molecular weight is 762 g/mol. The number of allylic oxidation sites excluding steroid dienone is 2.